The van der Waals surface area contributed by atoms with Gasteiger partial charge in [0.2, 0.25) is 0 Å². The zero-order valence-corrected chi connectivity index (χ0v) is 18.7. The third-order valence-corrected chi connectivity index (χ3v) is 4.97. The fraction of sp³-hybridized carbons (Fsp3) is 0.250. The van der Waals surface area contributed by atoms with Crippen LogP contribution in [0.15, 0.2) is 91.0 Å². The van der Waals surface area contributed by atoms with Gasteiger partial charge in [0.1, 0.15) is 12.4 Å². The second-order valence-electron chi connectivity index (χ2n) is 7.20. The fourth-order valence-electron chi connectivity index (χ4n) is 3.44. The molecule has 0 saturated carbocycles. The lowest BCUT2D eigenvalue weighted by Crippen LogP contribution is -2.28. The van der Waals surface area contributed by atoms with Crippen LogP contribution in [0.4, 0.5) is 0 Å². The SMILES string of the molecule is CCOC(=O)C(Cc1ccc(OCC=C(c2ccccc2)c2ccccc2)cc1)OCC. The molecule has 0 aliphatic carbocycles. The van der Waals surface area contributed by atoms with Gasteiger partial charge in [-0.25, -0.2) is 4.79 Å². The number of carbonyl (C=O) groups excluding carboxylic acids is 1. The Morgan fingerprint density at radius 2 is 1.41 bits per heavy atom. The van der Waals surface area contributed by atoms with Gasteiger partial charge in [-0.05, 0) is 54.3 Å². The summed E-state index contributed by atoms with van der Waals surface area (Å²) in [5.74, 6) is 0.448. The number of rotatable bonds is 11. The van der Waals surface area contributed by atoms with Gasteiger partial charge in [0.15, 0.2) is 6.10 Å². The van der Waals surface area contributed by atoms with E-state index >= 15 is 0 Å². The lowest BCUT2D eigenvalue weighted by atomic mass is 9.98. The maximum atomic E-state index is 12.1. The van der Waals surface area contributed by atoms with E-state index in [0.29, 0.717) is 26.2 Å². The zero-order valence-electron chi connectivity index (χ0n) is 18.7. The number of hydrogen-bond acceptors (Lipinski definition) is 4. The third kappa shape index (κ3) is 6.82. The van der Waals surface area contributed by atoms with Crippen molar-refractivity contribution in [2.45, 2.75) is 26.4 Å². The molecule has 0 spiro atoms. The van der Waals surface area contributed by atoms with Crippen LogP contribution >= 0.6 is 0 Å². The van der Waals surface area contributed by atoms with Gasteiger partial charge in [-0.15, -0.1) is 0 Å². The molecule has 0 aliphatic rings. The molecule has 3 aromatic rings. The van der Waals surface area contributed by atoms with E-state index in [9.17, 15) is 4.79 Å². The van der Waals surface area contributed by atoms with Gasteiger partial charge in [0.25, 0.3) is 0 Å². The molecule has 0 saturated heterocycles. The van der Waals surface area contributed by atoms with Crippen molar-refractivity contribution in [3.8, 4) is 5.75 Å². The van der Waals surface area contributed by atoms with Gasteiger partial charge in [0.05, 0.1) is 6.61 Å². The van der Waals surface area contributed by atoms with Crippen LogP contribution in [0.1, 0.15) is 30.5 Å². The van der Waals surface area contributed by atoms with E-state index in [4.69, 9.17) is 14.2 Å². The van der Waals surface area contributed by atoms with Crippen molar-refractivity contribution >= 4 is 11.5 Å². The average Bonchev–Trinajstić information content (AvgIpc) is 2.84. The topological polar surface area (TPSA) is 44.8 Å². The Morgan fingerprint density at radius 3 is 1.94 bits per heavy atom. The molecule has 0 bridgehead atoms. The quantitative estimate of drug-likeness (QED) is 0.366. The van der Waals surface area contributed by atoms with Gasteiger partial charge in [0, 0.05) is 13.0 Å². The van der Waals surface area contributed by atoms with E-state index in [-0.39, 0.29) is 5.97 Å². The van der Waals surface area contributed by atoms with Gasteiger partial charge < -0.3 is 14.2 Å². The molecule has 3 rings (SSSR count). The van der Waals surface area contributed by atoms with E-state index in [1.165, 1.54) is 0 Å². The number of hydrogen-bond donors (Lipinski definition) is 0. The minimum atomic E-state index is -0.589. The molecule has 0 N–H and O–H groups in total. The van der Waals surface area contributed by atoms with E-state index in [1.807, 2.05) is 67.6 Å². The molecule has 166 valence electrons. The Kier molecular flexibility index (Phi) is 9.08. The highest BCUT2D eigenvalue weighted by molar-refractivity contribution is 5.79. The van der Waals surface area contributed by atoms with Crippen LogP contribution in [0.25, 0.3) is 5.57 Å². The Bertz CT molecular complexity index is 937. The molecule has 1 unspecified atom stereocenters. The first-order chi connectivity index (χ1) is 15.7. The van der Waals surface area contributed by atoms with E-state index in [0.717, 1.165) is 28.0 Å². The van der Waals surface area contributed by atoms with E-state index < -0.39 is 6.10 Å². The van der Waals surface area contributed by atoms with Gasteiger partial charge in [-0.1, -0.05) is 72.8 Å². The number of carbonyl (C=O) groups is 1. The second kappa shape index (κ2) is 12.5. The van der Waals surface area contributed by atoms with Gasteiger partial charge in [-0.3, -0.25) is 0 Å². The highest BCUT2D eigenvalue weighted by atomic mass is 16.6. The zero-order chi connectivity index (χ0) is 22.6. The number of benzene rings is 3. The van der Waals surface area contributed by atoms with Crippen molar-refractivity contribution in [3.63, 3.8) is 0 Å². The van der Waals surface area contributed by atoms with Crippen LogP contribution < -0.4 is 4.74 Å². The monoisotopic (exact) mass is 430 g/mol. The summed E-state index contributed by atoms with van der Waals surface area (Å²) in [6.07, 6.45) is 1.98. The summed E-state index contributed by atoms with van der Waals surface area (Å²) in [7, 11) is 0. The van der Waals surface area contributed by atoms with Crippen molar-refractivity contribution in [2.75, 3.05) is 19.8 Å². The maximum absolute atomic E-state index is 12.1. The van der Waals surface area contributed by atoms with Crippen LogP contribution in [0.3, 0.4) is 0 Å². The molecule has 4 nitrogen and oxygen atoms in total. The van der Waals surface area contributed by atoms with Crippen LogP contribution in [0.5, 0.6) is 5.75 Å². The van der Waals surface area contributed by atoms with Crippen LogP contribution in [-0.2, 0) is 20.7 Å². The highest BCUT2D eigenvalue weighted by Gasteiger charge is 2.20. The lowest BCUT2D eigenvalue weighted by molar-refractivity contribution is -0.156. The van der Waals surface area contributed by atoms with Crippen molar-refractivity contribution < 1.29 is 19.0 Å². The summed E-state index contributed by atoms with van der Waals surface area (Å²) in [6.45, 7) is 4.92. The summed E-state index contributed by atoms with van der Waals surface area (Å²) >= 11 is 0. The van der Waals surface area contributed by atoms with Crippen molar-refractivity contribution in [1.29, 1.82) is 0 Å². The van der Waals surface area contributed by atoms with Crippen molar-refractivity contribution in [3.05, 3.63) is 108 Å². The predicted molar refractivity (Wildman–Crippen MR) is 128 cm³/mol. The molecule has 3 aromatic carbocycles. The maximum Gasteiger partial charge on any atom is 0.335 e. The molecular weight excluding hydrogens is 400 g/mol. The molecule has 0 aliphatic heterocycles. The summed E-state index contributed by atoms with van der Waals surface area (Å²) in [6, 6.07) is 28.4. The fourth-order valence-corrected chi connectivity index (χ4v) is 3.44. The smallest absolute Gasteiger partial charge is 0.335 e. The molecule has 32 heavy (non-hydrogen) atoms. The molecule has 0 heterocycles. The van der Waals surface area contributed by atoms with Crippen molar-refractivity contribution in [1.82, 2.24) is 0 Å². The molecule has 0 fully saturated rings. The van der Waals surface area contributed by atoms with Gasteiger partial charge in [-0.2, -0.15) is 0 Å². The first-order valence-corrected chi connectivity index (χ1v) is 11.0. The minimum absolute atomic E-state index is 0.325. The number of esters is 1. The lowest BCUT2D eigenvalue weighted by Gasteiger charge is -2.15. The van der Waals surface area contributed by atoms with E-state index in [2.05, 4.69) is 30.3 Å². The molecule has 0 aromatic heterocycles. The third-order valence-electron chi connectivity index (χ3n) is 4.97. The second-order valence-corrected chi connectivity index (χ2v) is 7.20. The van der Waals surface area contributed by atoms with Crippen LogP contribution in [-0.4, -0.2) is 31.9 Å². The summed E-state index contributed by atoms with van der Waals surface area (Å²) in [4.78, 5) is 12.1. The molecule has 1 atom stereocenters. The molecule has 0 radical (unpaired) electrons. The molecule has 4 heteroatoms. The Labute approximate surface area is 190 Å². The number of ether oxygens (including phenoxy) is 3. The largest absolute Gasteiger partial charge is 0.490 e. The summed E-state index contributed by atoms with van der Waals surface area (Å²) in [5, 5.41) is 0. The van der Waals surface area contributed by atoms with Crippen LogP contribution in [0.2, 0.25) is 0 Å². The molecule has 0 amide bonds. The van der Waals surface area contributed by atoms with Crippen LogP contribution in [0, 0.1) is 0 Å². The van der Waals surface area contributed by atoms with Gasteiger partial charge >= 0.3 is 5.97 Å². The summed E-state index contributed by atoms with van der Waals surface area (Å²) < 4.78 is 16.6. The highest BCUT2D eigenvalue weighted by Crippen LogP contribution is 2.23. The Hall–Kier alpha value is -3.37. The minimum Gasteiger partial charge on any atom is -0.490 e. The average molecular weight is 431 g/mol. The summed E-state index contributed by atoms with van der Waals surface area (Å²) in [5.41, 5.74) is 4.43. The standard InChI is InChI=1S/C28H30O4/c1-3-30-27(28(29)31-4-2)21-22-15-17-25(18-16-22)32-20-19-26(23-11-7-5-8-12-23)24-13-9-6-10-14-24/h5-19,27H,3-4,20-21H2,1-2H3. The Morgan fingerprint density at radius 1 is 0.812 bits per heavy atom. The van der Waals surface area contributed by atoms with Crippen molar-refractivity contribution in [2.24, 2.45) is 0 Å². The first-order valence-electron chi connectivity index (χ1n) is 11.0. The molecular formula is C28H30O4. The van der Waals surface area contributed by atoms with E-state index in [1.54, 1.807) is 6.92 Å². The predicted octanol–water partition coefficient (Wildman–Crippen LogP) is 5.71. The Balaban J connectivity index is 1.65. The first kappa shape index (κ1) is 23.3. The normalized spacial score (nSPS) is 11.4.